The number of hydrogen-bond donors (Lipinski definition) is 2. The van der Waals surface area contributed by atoms with E-state index in [4.69, 9.17) is 10.3 Å². The van der Waals surface area contributed by atoms with Gasteiger partial charge in [0, 0.05) is 0 Å². The van der Waals surface area contributed by atoms with Gasteiger partial charge < -0.3 is 15.1 Å². The molecule has 0 spiro atoms. The molecule has 0 fully saturated rings. The van der Waals surface area contributed by atoms with Crippen LogP contribution in [-0.4, -0.2) is 79.4 Å². The first-order valence-electron chi connectivity index (χ1n) is 4.98. The van der Waals surface area contributed by atoms with E-state index < -0.39 is 0 Å². The van der Waals surface area contributed by atoms with Crippen molar-refractivity contribution in [1.82, 2.24) is 0 Å². The molecule has 0 bridgehead atoms. The van der Waals surface area contributed by atoms with Crippen LogP contribution < -0.4 is 0 Å². The average molecular weight is 226 g/mol. The van der Waals surface area contributed by atoms with Crippen LogP contribution >= 0.6 is 0 Å². The van der Waals surface area contributed by atoms with Gasteiger partial charge >= 0.3 is 0 Å². The van der Waals surface area contributed by atoms with Crippen LogP contribution in [0.5, 0.6) is 0 Å². The first-order chi connectivity index (χ1) is 6.00. The monoisotopic (exact) mass is 226 g/mol. The molecular formula is C10H30N2O3+2. The Balaban J connectivity index is -0.000000180. The molecule has 0 atom stereocenters. The summed E-state index contributed by atoms with van der Waals surface area (Å²) in [5, 5.41) is 17.4. The maximum Gasteiger partial charge on any atom is 0.113 e. The summed E-state index contributed by atoms with van der Waals surface area (Å²) in [7, 11) is 9.66. The maximum absolute atomic E-state index is 9.03. The molecule has 0 rings (SSSR count). The summed E-state index contributed by atoms with van der Waals surface area (Å²) in [5.74, 6) is 0. The number of nitrogens with zero attached hydrogens (tertiary/aromatic N) is 2. The number of rotatable bonds is 3. The summed E-state index contributed by atoms with van der Waals surface area (Å²) in [4.78, 5) is 0. The maximum atomic E-state index is 9.03. The van der Waals surface area contributed by atoms with Gasteiger partial charge in [0.1, 0.15) is 12.6 Å². The average Bonchev–Trinajstić information content (AvgIpc) is 1.82. The van der Waals surface area contributed by atoms with Crippen LogP contribution in [0.25, 0.3) is 0 Å². The molecule has 0 aromatic carbocycles. The molecule has 0 saturated carbocycles. The molecule has 0 aromatic rings. The van der Waals surface area contributed by atoms with Crippen LogP contribution in [0.3, 0.4) is 0 Å². The summed E-state index contributed by atoms with van der Waals surface area (Å²) in [6.07, 6.45) is 0. The number of hydroxylamine groups is 3. The molecule has 0 radical (unpaired) electrons. The molecule has 4 N–H and O–H groups in total. The van der Waals surface area contributed by atoms with Gasteiger partial charge in [-0.15, -0.1) is 0 Å². The third kappa shape index (κ3) is 20.0. The van der Waals surface area contributed by atoms with Crippen molar-refractivity contribution >= 4 is 0 Å². The van der Waals surface area contributed by atoms with Gasteiger partial charge in [-0.25, -0.2) is 5.21 Å². The van der Waals surface area contributed by atoms with Crippen molar-refractivity contribution in [2.45, 2.75) is 19.9 Å². The molecule has 0 aromatic heterocycles. The Hall–Kier alpha value is -0.200. The van der Waals surface area contributed by atoms with Crippen LogP contribution in [0.2, 0.25) is 0 Å². The van der Waals surface area contributed by atoms with E-state index in [1.165, 1.54) is 0 Å². The normalized spacial score (nSPS) is 11.6. The standard InChI is InChI=1S/2C5H14NO.H2O/c1-6(2,3)4-5-7;1-5(2)6(3,4)7;/h7H,4-5H2,1-3H3;5,7H,1-4H3;1H2/q2*+1;. The molecule has 0 aliphatic rings. The predicted octanol–water partition coefficient (Wildman–Crippen LogP) is -0.279. The second-order valence-electron chi connectivity index (χ2n) is 5.31. The van der Waals surface area contributed by atoms with Crippen molar-refractivity contribution in [3.8, 4) is 0 Å². The van der Waals surface area contributed by atoms with E-state index >= 15 is 0 Å². The minimum atomic E-state index is 0. The Morgan fingerprint density at radius 3 is 1.27 bits per heavy atom. The smallest absolute Gasteiger partial charge is 0.113 e. The van der Waals surface area contributed by atoms with Crippen molar-refractivity contribution in [3.05, 3.63) is 0 Å². The van der Waals surface area contributed by atoms with Gasteiger partial charge in [0.25, 0.3) is 0 Å². The van der Waals surface area contributed by atoms with Crippen molar-refractivity contribution in [1.29, 1.82) is 0 Å². The van der Waals surface area contributed by atoms with Crippen LogP contribution in [-0.2, 0) is 0 Å². The number of quaternary nitrogens is 2. The van der Waals surface area contributed by atoms with Crippen molar-refractivity contribution < 1.29 is 24.9 Å². The van der Waals surface area contributed by atoms with E-state index in [1.807, 2.05) is 13.8 Å². The van der Waals surface area contributed by atoms with Crippen molar-refractivity contribution in [2.75, 3.05) is 48.4 Å². The van der Waals surface area contributed by atoms with E-state index in [2.05, 4.69) is 21.1 Å². The molecule has 0 aliphatic heterocycles. The molecule has 5 nitrogen and oxygen atoms in total. The topological polar surface area (TPSA) is 72.0 Å². The Morgan fingerprint density at radius 1 is 1.00 bits per heavy atom. The van der Waals surface area contributed by atoms with Gasteiger partial charge in [-0.05, 0) is 13.8 Å². The van der Waals surface area contributed by atoms with Gasteiger partial charge in [-0.3, -0.25) is 0 Å². The van der Waals surface area contributed by atoms with E-state index in [0.717, 1.165) is 11.0 Å². The van der Waals surface area contributed by atoms with E-state index in [1.54, 1.807) is 14.1 Å². The molecule has 96 valence electrons. The van der Waals surface area contributed by atoms with Crippen molar-refractivity contribution in [2.24, 2.45) is 0 Å². The van der Waals surface area contributed by atoms with Crippen molar-refractivity contribution in [3.63, 3.8) is 0 Å². The third-order valence-corrected chi connectivity index (χ3v) is 2.03. The zero-order valence-corrected chi connectivity index (χ0v) is 11.3. The minimum Gasteiger partial charge on any atom is -0.412 e. The van der Waals surface area contributed by atoms with Gasteiger partial charge in [0.05, 0.1) is 41.8 Å². The molecule has 0 heterocycles. The Labute approximate surface area is 94.0 Å². The van der Waals surface area contributed by atoms with Crippen LogP contribution in [0.1, 0.15) is 13.8 Å². The van der Waals surface area contributed by atoms with E-state index in [-0.39, 0.29) is 16.7 Å². The lowest BCUT2D eigenvalue weighted by molar-refractivity contribution is -1.09. The zero-order valence-electron chi connectivity index (χ0n) is 11.3. The molecule has 0 saturated heterocycles. The van der Waals surface area contributed by atoms with Gasteiger partial charge in [0.2, 0.25) is 0 Å². The molecule has 0 amide bonds. The zero-order chi connectivity index (χ0) is 12.0. The van der Waals surface area contributed by atoms with Gasteiger partial charge in [0.15, 0.2) is 0 Å². The highest BCUT2D eigenvalue weighted by Crippen LogP contribution is 1.97. The Kier molecular flexibility index (Phi) is 10.8. The SMILES string of the molecule is CC(C)[N+](C)(C)O.C[N+](C)(C)CCO.O. The third-order valence-electron chi connectivity index (χ3n) is 2.03. The predicted molar refractivity (Wildman–Crippen MR) is 62.6 cm³/mol. The number of aliphatic hydroxyl groups excluding tert-OH is 1. The second-order valence-corrected chi connectivity index (χ2v) is 5.31. The fraction of sp³-hybridized carbons (Fsp3) is 1.00. The van der Waals surface area contributed by atoms with E-state index in [9.17, 15) is 0 Å². The summed E-state index contributed by atoms with van der Waals surface area (Å²) in [6.45, 7) is 5.06. The summed E-state index contributed by atoms with van der Waals surface area (Å²) in [6, 6.07) is 0.292. The van der Waals surface area contributed by atoms with Gasteiger partial charge in [-0.2, -0.15) is 4.65 Å². The Morgan fingerprint density at radius 2 is 1.27 bits per heavy atom. The fourth-order valence-corrected chi connectivity index (χ4v) is 0.300. The van der Waals surface area contributed by atoms with Crippen LogP contribution in [0.4, 0.5) is 0 Å². The van der Waals surface area contributed by atoms with Gasteiger partial charge in [-0.1, -0.05) is 0 Å². The summed E-state index contributed by atoms with van der Waals surface area (Å²) >= 11 is 0. The first-order valence-corrected chi connectivity index (χ1v) is 4.98. The van der Waals surface area contributed by atoms with Crippen LogP contribution in [0.15, 0.2) is 0 Å². The summed E-state index contributed by atoms with van der Waals surface area (Å²) in [5.41, 5.74) is 0. The summed E-state index contributed by atoms with van der Waals surface area (Å²) < 4.78 is 0.899. The molecule has 0 unspecified atom stereocenters. The number of likely N-dealkylation sites (N-methyl/N-ethyl adjacent to an activating group) is 1. The highest BCUT2D eigenvalue weighted by molar-refractivity contribution is 4.28. The lowest BCUT2D eigenvalue weighted by atomic mass is 10.4. The fourth-order valence-electron chi connectivity index (χ4n) is 0.300. The molecule has 0 aliphatic carbocycles. The Bertz CT molecular complexity index is 137. The molecule has 15 heavy (non-hydrogen) atoms. The van der Waals surface area contributed by atoms with E-state index in [0.29, 0.717) is 6.04 Å². The van der Waals surface area contributed by atoms with Crippen LogP contribution in [0, 0.1) is 0 Å². The molecule has 5 heteroatoms. The highest BCUT2D eigenvalue weighted by Gasteiger charge is 2.14. The quantitative estimate of drug-likeness (QED) is 0.513. The number of aliphatic hydroxyl groups is 1. The first kappa shape index (κ1) is 20.2. The minimum absolute atomic E-state index is 0. The lowest BCUT2D eigenvalue weighted by Crippen LogP contribution is -2.41. The lowest BCUT2D eigenvalue weighted by Gasteiger charge is -2.23. The largest absolute Gasteiger partial charge is 0.412 e. The number of hydrogen-bond acceptors (Lipinski definition) is 2. The second kappa shape index (κ2) is 8.01. The molecular weight excluding hydrogens is 196 g/mol. The highest BCUT2D eigenvalue weighted by atomic mass is 16.5.